The van der Waals surface area contributed by atoms with Crippen LogP contribution in [0.1, 0.15) is 39.8 Å². The maximum atomic E-state index is 12.5. The summed E-state index contributed by atoms with van der Waals surface area (Å²) in [5, 5.41) is 7.42. The van der Waals surface area contributed by atoms with Crippen LogP contribution in [0.15, 0.2) is 48.8 Å². The number of anilines is 1. The van der Waals surface area contributed by atoms with Gasteiger partial charge in [-0.05, 0) is 36.8 Å². The van der Waals surface area contributed by atoms with Gasteiger partial charge in [-0.15, -0.1) is 0 Å². The van der Waals surface area contributed by atoms with Crippen molar-refractivity contribution in [1.82, 2.24) is 19.7 Å². The predicted molar refractivity (Wildman–Crippen MR) is 114 cm³/mol. The summed E-state index contributed by atoms with van der Waals surface area (Å²) >= 11 is 0. The molecule has 0 radical (unpaired) electrons. The molecule has 2 heterocycles. The lowest BCUT2D eigenvalue weighted by Crippen LogP contribution is -2.22. The zero-order chi connectivity index (χ0) is 21.6. The van der Waals surface area contributed by atoms with Gasteiger partial charge in [0.1, 0.15) is 17.3 Å². The summed E-state index contributed by atoms with van der Waals surface area (Å²) in [7, 11) is 0. The molecular weight excluding hydrogens is 382 g/mol. The highest BCUT2D eigenvalue weighted by atomic mass is 16.5. The van der Waals surface area contributed by atoms with E-state index < -0.39 is 0 Å². The molecule has 158 valence electrons. The fraction of sp³-hybridized carbons (Fsp3) is 0.364. The van der Waals surface area contributed by atoms with E-state index in [1.165, 1.54) is 4.68 Å². The number of nitrogens with zero attached hydrogens (tertiary/aromatic N) is 4. The summed E-state index contributed by atoms with van der Waals surface area (Å²) in [6.07, 6.45) is 4.20. The topological polar surface area (TPSA) is 91.2 Å². The van der Waals surface area contributed by atoms with Gasteiger partial charge in [0.05, 0.1) is 12.3 Å². The van der Waals surface area contributed by atoms with Gasteiger partial charge in [0.2, 0.25) is 0 Å². The van der Waals surface area contributed by atoms with Crippen LogP contribution in [0.4, 0.5) is 5.82 Å². The molecule has 0 saturated carbocycles. The van der Waals surface area contributed by atoms with E-state index in [2.05, 4.69) is 27.3 Å². The van der Waals surface area contributed by atoms with Gasteiger partial charge in [-0.1, -0.05) is 27.7 Å². The van der Waals surface area contributed by atoms with Crippen LogP contribution in [0.2, 0.25) is 0 Å². The maximum absolute atomic E-state index is 12.5. The number of nitrogens with one attached hydrogen (secondary N) is 1. The Labute approximate surface area is 176 Å². The maximum Gasteiger partial charge on any atom is 0.263 e. The molecule has 0 spiro atoms. The Bertz CT molecular complexity index is 963. The number of amides is 1. The molecule has 0 saturated heterocycles. The van der Waals surface area contributed by atoms with Crippen LogP contribution in [-0.4, -0.2) is 38.9 Å². The van der Waals surface area contributed by atoms with Crippen molar-refractivity contribution in [2.24, 2.45) is 0 Å². The number of carbonyl (C=O) groups excluding carboxylic acids is 1. The number of carbonyl (C=O) groups is 1. The van der Waals surface area contributed by atoms with Crippen molar-refractivity contribution < 1.29 is 14.3 Å². The summed E-state index contributed by atoms with van der Waals surface area (Å²) in [6.45, 7) is 8.73. The van der Waals surface area contributed by atoms with E-state index in [0.717, 1.165) is 17.9 Å². The normalized spacial score (nSPS) is 11.2. The number of rotatable bonds is 8. The highest BCUT2D eigenvalue weighted by Crippen LogP contribution is 2.25. The lowest BCUT2D eigenvalue weighted by Gasteiger charge is -2.13. The second kappa shape index (κ2) is 9.39. The minimum atomic E-state index is -0.307. The molecule has 0 aliphatic rings. The van der Waals surface area contributed by atoms with Crippen LogP contribution in [0, 0.1) is 0 Å². The molecular formula is C22H27N5O3. The molecule has 0 bridgehead atoms. The number of aromatic nitrogens is 4. The van der Waals surface area contributed by atoms with Crippen molar-refractivity contribution in [3.8, 4) is 17.4 Å². The summed E-state index contributed by atoms with van der Waals surface area (Å²) in [4.78, 5) is 21.0. The molecule has 0 atom stereocenters. The summed E-state index contributed by atoms with van der Waals surface area (Å²) in [6, 6.07) is 10.7. The van der Waals surface area contributed by atoms with Gasteiger partial charge in [0, 0.05) is 23.9 Å². The van der Waals surface area contributed by atoms with E-state index in [4.69, 9.17) is 9.47 Å². The van der Waals surface area contributed by atoms with Crippen LogP contribution in [0.25, 0.3) is 5.95 Å². The Balaban J connectivity index is 1.68. The van der Waals surface area contributed by atoms with E-state index >= 15 is 0 Å². The van der Waals surface area contributed by atoms with E-state index in [1.807, 2.05) is 39.0 Å². The van der Waals surface area contributed by atoms with Crippen molar-refractivity contribution in [3.05, 3.63) is 54.5 Å². The molecule has 8 heteroatoms. The van der Waals surface area contributed by atoms with Crippen LogP contribution < -0.4 is 14.8 Å². The quantitative estimate of drug-likeness (QED) is 0.609. The molecule has 0 aliphatic carbocycles. The fourth-order valence-corrected chi connectivity index (χ4v) is 2.57. The fourth-order valence-electron chi connectivity index (χ4n) is 2.57. The standard InChI is InChI=1S/C22H27N5O3/c1-5-13-29-16-7-9-17(10-8-16)30-15-20(28)25-19-14-18(22(2,3)4)26-27(19)21-23-11-6-12-24-21/h6-12,14H,5,13,15H2,1-4H3,(H,25,28). The van der Waals surface area contributed by atoms with Gasteiger partial charge in [0.15, 0.2) is 6.61 Å². The molecule has 0 unspecified atom stereocenters. The van der Waals surface area contributed by atoms with Crippen molar-refractivity contribution in [2.75, 3.05) is 18.5 Å². The first-order valence-electron chi connectivity index (χ1n) is 9.90. The monoisotopic (exact) mass is 409 g/mol. The Hall–Kier alpha value is -3.42. The lowest BCUT2D eigenvalue weighted by molar-refractivity contribution is -0.118. The summed E-state index contributed by atoms with van der Waals surface area (Å²) in [5.41, 5.74) is 0.617. The van der Waals surface area contributed by atoms with E-state index in [1.54, 1.807) is 30.6 Å². The third kappa shape index (κ3) is 5.56. The molecule has 0 aliphatic heterocycles. The highest BCUT2D eigenvalue weighted by Gasteiger charge is 2.22. The molecule has 30 heavy (non-hydrogen) atoms. The highest BCUT2D eigenvalue weighted by molar-refractivity contribution is 5.91. The zero-order valence-electron chi connectivity index (χ0n) is 17.8. The summed E-state index contributed by atoms with van der Waals surface area (Å²) < 4.78 is 12.7. The Morgan fingerprint density at radius 1 is 1.07 bits per heavy atom. The number of hydrogen-bond acceptors (Lipinski definition) is 6. The van der Waals surface area contributed by atoms with E-state index in [9.17, 15) is 4.79 Å². The largest absolute Gasteiger partial charge is 0.494 e. The molecule has 3 rings (SSSR count). The zero-order valence-corrected chi connectivity index (χ0v) is 17.8. The minimum Gasteiger partial charge on any atom is -0.494 e. The second-order valence-electron chi connectivity index (χ2n) is 7.78. The Morgan fingerprint density at radius 2 is 1.70 bits per heavy atom. The average molecular weight is 409 g/mol. The van der Waals surface area contributed by atoms with Gasteiger partial charge < -0.3 is 14.8 Å². The van der Waals surface area contributed by atoms with Crippen molar-refractivity contribution in [3.63, 3.8) is 0 Å². The predicted octanol–water partition coefficient (Wildman–Crippen LogP) is 3.77. The Kier molecular flexibility index (Phi) is 6.66. The van der Waals surface area contributed by atoms with E-state index in [-0.39, 0.29) is 17.9 Å². The van der Waals surface area contributed by atoms with Crippen LogP contribution in [-0.2, 0) is 10.2 Å². The molecule has 1 amide bonds. The smallest absolute Gasteiger partial charge is 0.263 e. The first-order chi connectivity index (χ1) is 14.4. The molecule has 1 aromatic carbocycles. The van der Waals surface area contributed by atoms with Crippen LogP contribution >= 0.6 is 0 Å². The first-order valence-corrected chi connectivity index (χ1v) is 9.90. The summed E-state index contributed by atoms with van der Waals surface area (Å²) in [5.74, 6) is 1.92. The SMILES string of the molecule is CCCOc1ccc(OCC(=O)Nc2cc(C(C)(C)C)nn2-c2ncccn2)cc1. The van der Waals surface area contributed by atoms with Crippen LogP contribution in [0.5, 0.6) is 11.5 Å². The van der Waals surface area contributed by atoms with Gasteiger partial charge in [-0.25, -0.2) is 9.97 Å². The Morgan fingerprint density at radius 3 is 2.30 bits per heavy atom. The van der Waals surface area contributed by atoms with Crippen LogP contribution in [0.3, 0.4) is 0 Å². The molecule has 3 aromatic rings. The van der Waals surface area contributed by atoms with E-state index in [0.29, 0.717) is 24.1 Å². The van der Waals surface area contributed by atoms with Gasteiger partial charge in [-0.3, -0.25) is 4.79 Å². The molecule has 2 aromatic heterocycles. The minimum absolute atomic E-state index is 0.138. The molecule has 1 N–H and O–H groups in total. The average Bonchev–Trinajstić information content (AvgIpc) is 3.16. The third-order valence-electron chi connectivity index (χ3n) is 4.15. The van der Waals surface area contributed by atoms with Crippen molar-refractivity contribution in [2.45, 2.75) is 39.5 Å². The lowest BCUT2D eigenvalue weighted by atomic mass is 9.92. The van der Waals surface area contributed by atoms with Gasteiger partial charge >= 0.3 is 0 Å². The molecule has 8 nitrogen and oxygen atoms in total. The third-order valence-corrected chi connectivity index (χ3v) is 4.15. The number of hydrogen-bond donors (Lipinski definition) is 1. The second-order valence-corrected chi connectivity index (χ2v) is 7.78. The van der Waals surface area contributed by atoms with Gasteiger partial charge in [0.25, 0.3) is 11.9 Å². The van der Waals surface area contributed by atoms with Crippen molar-refractivity contribution in [1.29, 1.82) is 0 Å². The number of benzene rings is 1. The van der Waals surface area contributed by atoms with Gasteiger partial charge in [-0.2, -0.15) is 9.78 Å². The van der Waals surface area contributed by atoms with Crippen molar-refractivity contribution >= 4 is 11.7 Å². The molecule has 0 fully saturated rings. The first kappa shape index (κ1) is 21.3. The number of ether oxygens (including phenoxy) is 2.